The number of aryl methyl sites for hydroxylation is 2. The summed E-state index contributed by atoms with van der Waals surface area (Å²) in [6.07, 6.45) is 1.29. The van der Waals surface area contributed by atoms with Gasteiger partial charge in [-0.25, -0.2) is 8.42 Å². The Hall–Kier alpha value is -2.18. The number of sulfonamides is 1. The third kappa shape index (κ3) is 3.81. The molecule has 0 aromatic heterocycles. The van der Waals surface area contributed by atoms with Crippen LogP contribution in [0.15, 0.2) is 59.5 Å². The van der Waals surface area contributed by atoms with Crippen molar-refractivity contribution in [1.29, 1.82) is 0 Å². The molecule has 1 saturated heterocycles. The lowest BCUT2D eigenvalue weighted by Gasteiger charge is -2.07. The van der Waals surface area contributed by atoms with Gasteiger partial charge in [-0.2, -0.15) is 4.31 Å². The zero-order valence-corrected chi connectivity index (χ0v) is 15.8. The molecule has 2 aromatic rings. The molecule has 0 N–H and O–H groups in total. The second-order valence-electron chi connectivity index (χ2n) is 6.44. The summed E-state index contributed by atoms with van der Waals surface area (Å²) >= 11 is 0. The van der Waals surface area contributed by atoms with Crippen LogP contribution in [0.2, 0.25) is 0 Å². The maximum absolute atomic E-state index is 13.0. The lowest BCUT2D eigenvalue weighted by Crippen LogP contribution is -2.21. The molecule has 0 bridgehead atoms. The van der Waals surface area contributed by atoms with Crippen molar-refractivity contribution in [2.45, 2.75) is 43.7 Å². The van der Waals surface area contributed by atoms with E-state index in [4.69, 9.17) is 4.74 Å². The fourth-order valence-electron chi connectivity index (χ4n) is 3.15. The first kappa shape index (κ1) is 18.6. The summed E-state index contributed by atoms with van der Waals surface area (Å²) in [5.41, 5.74) is 2.10. The monoisotopic (exact) mass is 373 g/mol. The van der Waals surface area contributed by atoms with Crippen molar-refractivity contribution >= 4 is 16.0 Å². The standard InChI is InChI=1S/C20H23NO4S/c1-3-25-20(22)19-18(14-11-16-7-5-4-6-8-16)21(19)26(23,24)17-12-9-15(2)10-13-17/h4-10,12-13,18-19H,3,11,14H2,1-2H3/t18-,19-,21?/m1/s1. The molecule has 0 aliphatic carbocycles. The highest BCUT2D eigenvalue weighted by Gasteiger charge is 2.59. The lowest BCUT2D eigenvalue weighted by atomic mass is 10.1. The predicted molar refractivity (Wildman–Crippen MR) is 99.2 cm³/mol. The van der Waals surface area contributed by atoms with Crippen molar-refractivity contribution < 1.29 is 17.9 Å². The minimum absolute atomic E-state index is 0.208. The number of rotatable bonds is 7. The smallest absolute Gasteiger partial charge is 0.326 e. The average Bonchev–Trinajstić information content (AvgIpc) is 3.37. The van der Waals surface area contributed by atoms with Gasteiger partial charge < -0.3 is 4.74 Å². The first-order chi connectivity index (χ1) is 12.4. The van der Waals surface area contributed by atoms with Crippen LogP contribution >= 0.6 is 0 Å². The van der Waals surface area contributed by atoms with Crippen molar-refractivity contribution in [1.82, 2.24) is 4.31 Å². The largest absolute Gasteiger partial charge is 0.465 e. The summed E-state index contributed by atoms with van der Waals surface area (Å²) in [5.74, 6) is -0.471. The predicted octanol–water partition coefficient (Wildman–Crippen LogP) is 2.93. The van der Waals surface area contributed by atoms with E-state index in [0.717, 1.165) is 11.1 Å². The van der Waals surface area contributed by atoms with Gasteiger partial charge in [-0.3, -0.25) is 4.79 Å². The SMILES string of the molecule is CCOC(=O)[C@H]1[C@@H](CCc2ccccc2)N1S(=O)(=O)c1ccc(C)cc1. The first-order valence-corrected chi connectivity index (χ1v) is 10.2. The van der Waals surface area contributed by atoms with Gasteiger partial charge in [0.15, 0.2) is 0 Å². The molecule has 3 rings (SSSR count). The molecule has 0 radical (unpaired) electrons. The van der Waals surface area contributed by atoms with E-state index < -0.39 is 22.0 Å². The average molecular weight is 373 g/mol. The lowest BCUT2D eigenvalue weighted by molar-refractivity contribution is -0.143. The van der Waals surface area contributed by atoms with Gasteiger partial charge in [-0.15, -0.1) is 0 Å². The Kier molecular flexibility index (Phi) is 5.44. The Bertz CT molecular complexity index is 862. The Balaban J connectivity index is 1.80. The van der Waals surface area contributed by atoms with Crippen molar-refractivity contribution in [2.75, 3.05) is 6.61 Å². The highest BCUT2D eigenvalue weighted by Crippen LogP contribution is 2.39. The third-order valence-corrected chi connectivity index (χ3v) is 6.49. The highest BCUT2D eigenvalue weighted by molar-refractivity contribution is 7.89. The van der Waals surface area contributed by atoms with Gasteiger partial charge in [0.1, 0.15) is 6.04 Å². The van der Waals surface area contributed by atoms with Crippen LogP contribution in [0, 0.1) is 6.92 Å². The summed E-state index contributed by atoms with van der Waals surface area (Å²) in [6, 6.07) is 15.4. The number of hydrogen-bond acceptors (Lipinski definition) is 4. The molecule has 6 heteroatoms. The molecular weight excluding hydrogens is 350 g/mol. The molecule has 2 aromatic carbocycles. The molecule has 1 unspecified atom stereocenters. The van der Waals surface area contributed by atoms with E-state index >= 15 is 0 Å². The van der Waals surface area contributed by atoms with Gasteiger partial charge >= 0.3 is 5.97 Å². The summed E-state index contributed by atoms with van der Waals surface area (Å²) in [5, 5.41) is 0. The van der Waals surface area contributed by atoms with Crippen LogP contribution in [0.5, 0.6) is 0 Å². The fraction of sp³-hybridized carbons (Fsp3) is 0.350. The topological polar surface area (TPSA) is 63.5 Å². The molecule has 1 aliphatic heterocycles. The fourth-order valence-corrected chi connectivity index (χ4v) is 4.92. The third-order valence-electron chi connectivity index (χ3n) is 4.57. The zero-order valence-electron chi connectivity index (χ0n) is 15.0. The van der Waals surface area contributed by atoms with Gasteiger partial charge in [-0.05, 0) is 44.4 Å². The summed E-state index contributed by atoms with van der Waals surface area (Å²) in [6.45, 7) is 3.86. The van der Waals surface area contributed by atoms with Gasteiger partial charge in [-0.1, -0.05) is 48.0 Å². The van der Waals surface area contributed by atoms with E-state index in [0.29, 0.717) is 12.8 Å². The van der Waals surface area contributed by atoms with Gasteiger partial charge in [0, 0.05) is 0 Å². The Labute approximate surface area is 154 Å². The quantitative estimate of drug-likeness (QED) is 0.553. The maximum Gasteiger partial charge on any atom is 0.326 e. The molecule has 0 amide bonds. The number of nitrogens with zero attached hydrogens (tertiary/aromatic N) is 1. The van der Waals surface area contributed by atoms with Crippen LogP contribution in [0.4, 0.5) is 0 Å². The van der Waals surface area contributed by atoms with Crippen molar-refractivity contribution in [2.24, 2.45) is 0 Å². The molecule has 0 saturated carbocycles. The van der Waals surface area contributed by atoms with Crippen LogP contribution in [-0.2, 0) is 26.0 Å². The number of esters is 1. The van der Waals surface area contributed by atoms with Crippen LogP contribution in [0.25, 0.3) is 0 Å². The molecule has 1 fully saturated rings. The number of hydrogen-bond donors (Lipinski definition) is 0. The normalized spacial score (nSPS) is 22.0. The summed E-state index contributed by atoms with van der Waals surface area (Å²) in [7, 11) is -3.72. The highest BCUT2D eigenvalue weighted by atomic mass is 32.2. The van der Waals surface area contributed by atoms with E-state index in [1.54, 1.807) is 31.2 Å². The Morgan fingerprint density at radius 3 is 2.35 bits per heavy atom. The van der Waals surface area contributed by atoms with E-state index in [2.05, 4.69) is 0 Å². The van der Waals surface area contributed by atoms with Crippen molar-refractivity contribution in [3.63, 3.8) is 0 Å². The second-order valence-corrected chi connectivity index (χ2v) is 8.28. The molecule has 1 heterocycles. The second kappa shape index (κ2) is 7.60. The van der Waals surface area contributed by atoms with Gasteiger partial charge in [0.05, 0.1) is 17.5 Å². The molecule has 1 aliphatic rings. The molecule has 138 valence electrons. The van der Waals surface area contributed by atoms with Gasteiger partial charge in [0.25, 0.3) is 0 Å². The molecule has 0 spiro atoms. The van der Waals surface area contributed by atoms with E-state index in [-0.39, 0.29) is 17.5 Å². The number of carbonyl (C=O) groups is 1. The summed E-state index contributed by atoms with van der Waals surface area (Å²) in [4.78, 5) is 12.4. The van der Waals surface area contributed by atoms with Crippen molar-refractivity contribution in [3.05, 3.63) is 65.7 Å². The minimum atomic E-state index is -3.72. The van der Waals surface area contributed by atoms with Crippen molar-refractivity contribution in [3.8, 4) is 0 Å². The van der Waals surface area contributed by atoms with E-state index in [1.807, 2.05) is 37.3 Å². The van der Waals surface area contributed by atoms with Crippen LogP contribution in [-0.4, -0.2) is 37.4 Å². The number of ether oxygens (including phenoxy) is 1. The molecule has 26 heavy (non-hydrogen) atoms. The van der Waals surface area contributed by atoms with Crippen LogP contribution in [0.1, 0.15) is 24.5 Å². The molecule has 3 atom stereocenters. The number of carbonyl (C=O) groups excluding carboxylic acids is 1. The molecule has 5 nitrogen and oxygen atoms in total. The minimum Gasteiger partial charge on any atom is -0.465 e. The van der Waals surface area contributed by atoms with E-state index in [9.17, 15) is 13.2 Å². The number of benzene rings is 2. The first-order valence-electron chi connectivity index (χ1n) is 8.76. The Morgan fingerprint density at radius 2 is 1.73 bits per heavy atom. The van der Waals surface area contributed by atoms with Crippen LogP contribution < -0.4 is 0 Å². The van der Waals surface area contributed by atoms with E-state index in [1.165, 1.54) is 4.31 Å². The summed E-state index contributed by atoms with van der Waals surface area (Å²) < 4.78 is 32.3. The van der Waals surface area contributed by atoms with Crippen LogP contribution in [0.3, 0.4) is 0 Å². The zero-order chi connectivity index (χ0) is 18.7. The maximum atomic E-state index is 13.0. The molecular formula is C20H23NO4S. The van der Waals surface area contributed by atoms with Gasteiger partial charge in [0.2, 0.25) is 10.0 Å². The Morgan fingerprint density at radius 1 is 1.08 bits per heavy atom.